The minimum atomic E-state index is -1.30. The first-order valence-corrected chi connectivity index (χ1v) is 11.8. The highest BCUT2D eigenvalue weighted by molar-refractivity contribution is 6.05. The number of pyridine rings is 1. The molecule has 4 rings (SSSR count). The molecule has 1 saturated heterocycles. The van der Waals surface area contributed by atoms with Gasteiger partial charge in [0.15, 0.2) is 5.56 Å². The van der Waals surface area contributed by atoms with Gasteiger partial charge in [-0.15, -0.1) is 0 Å². The fourth-order valence-electron chi connectivity index (χ4n) is 4.36. The second kappa shape index (κ2) is 10.4. The van der Waals surface area contributed by atoms with E-state index in [2.05, 4.69) is 10.2 Å². The third kappa shape index (κ3) is 5.03. The standard InChI is InChI=1S/C26H29FN4O5/c1-16(2)15-31-20-10-5-4-7-17(20)23(32)21(24(31)33)25(34)36-26(35)28-19-9-6-8-18(27)22(19)30-13-11-29(3)12-14-30/h4-10,16,32H,11-15H2,1-3H3,(H,28,35). The van der Waals surface area contributed by atoms with E-state index in [0.29, 0.717) is 25.2 Å². The first kappa shape index (κ1) is 25.2. The maximum absolute atomic E-state index is 14.7. The lowest BCUT2D eigenvalue weighted by Crippen LogP contribution is -2.45. The summed E-state index contributed by atoms with van der Waals surface area (Å²) in [7, 11) is 1.97. The second-order valence-electron chi connectivity index (χ2n) is 9.28. The third-order valence-corrected chi connectivity index (χ3v) is 6.13. The normalized spacial score (nSPS) is 14.3. The average Bonchev–Trinajstić information content (AvgIpc) is 2.82. The van der Waals surface area contributed by atoms with Crippen molar-refractivity contribution in [3.63, 3.8) is 0 Å². The molecule has 0 aliphatic carbocycles. The van der Waals surface area contributed by atoms with Crippen molar-refractivity contribution >= 4 is 34.3 Å². The van der Waals surface area contributed by atoms with Gasteiger partial charge >= 0.3 is 12.1 Å². The van der Waals surface area contributed by atoms with E-state index in [4.69, 9.17) is 4.74 Å². The number of hydrogen-bond donors (Lipinski definition) is 2. The number of aromatic nitrogens is 1. The Labute approximate surface area is 207 Å². The van der Waals surface area contributed by atoms with E-state index in [9.17, 15) is 23.9 Å². The SMILES string of the molecule is CC(C)Cn1c(=O)c(C(=O)OC(=O)Nc2cccc(F)c2N2CCN(C)CC2)c(O)c2ccccc21. The van der Waals surface area contributed by atoms with Crippen molar-refractivity contribution in [2.45, 2.75) is 20.4 Å². The summed E-state index contributed by atoms with van der Waals surface area (Å²) in [6.07, 6.45) is -1.19. The molecule has 1 aromatic heterocycles. The maximum atomic E-state index is 14.7. The number of aromatic hydroxyl groups is 1. The predicted molar refractivity (Wildman–Crippen MR) is 135 cm³/mol. The Morgan fingerprint density at radius 2 is 1.78 bits per heavy atom. The molecule has 0 spiro atoms. The Morgan fingerprint density at radius 3 is 2.47 bits per heavy atom. The highest BCUT2D eigenvalue weighted by atomic mass is 19.1. The second-order valence-corrected chi connectivity index (χ2v) is 9.28. The van der Waals surface area contributed by atoms with Gasteiger partial charge in [-0.1, -0.05) is 32.0 Å². The lowest BCUT2D eigenvalue weighted by Gasteiger charge is -2.35. The predicted octanol–water partition coefficient (Wildman–Crippen LogP) is 3.64. The number of rotatable bonds is 5. The van der Waals surface area contributed by atoms with Crippen LogP contribution < -0.4 is 15.8 Å². The molecule has 9 nitrogen and oxygen atoms in total. The van der Waals surface area contributed by atoms with Gasteiger partial charge in [-0.3, -0.25) is 10.1 Å². The molecule has 1 fully saturated rings. The minimum Gasteiger partial charge on any atom is -0.506 e. The molecule has 0 radical (unpaired) electrons. The number of anilines is 2. The summed E-state index contributed by atoms with van der Waals surface area (Å²) < 4.78 is 21.0. The molecule has 1 aliphatic heterocycles. The summed E-state index contributed by atoms with van der Waals surface area (Å²) >= 11 is 0. The molecule has 2 heterocycles. The fraction of sp³-hybridized carbons (Fsp3) is 0.346. The molecule has 1 amide bonds. The highest BCUT2D eigenvalue weighted by Crippen LogP contribution is 2.31. The molecule has 0 atom stereocenters. The monoisotopic (exact) mass is 496 g/mol. The van der Waals surface area contributed by atoms with Gasteiger partial charge in [0.05, 0.1) is 16.9 Å². The van der Waals surface area contributed by atoms with Crippen molar-refractivity contribution in [1.82, 2.24) is 9.47 Å². The van der Waals surface area contributed by atoms with Crippen LogP contribution >= 0.6 is 0 Å². The van der Waals surface area contributed by atoms with E-state index >= 15 is 0 Å². The number of halogens is 1. The zero-order valence-corrected chi connectivity index (χ0v) is 20.5. The molecule has 0 saturated carbocycles. The Balaban J connectivity index is 1.61. The van der Waals surface area contributed by atoms with Gasteiger partial charge in [-0.05, 0) is 37.2 Å². The number of esters is 1. The Morgan fingerprint density at radius 1 is 1.08 bits per heavy atom. The number of hydrogen-bond acceptors (Lipinski definition) is 7. The lowest BCUT2D eigenvalue weighted by molar-refractivity contribution is 0.0640. The number of benzene rings is 2. The fourth-order valence-corrected chi connectivity index (χ4v) is 4.36. The van der Waals surface area contributed by atoms with Gasteiger partial charge in [-0.25, -0.2) is 14.0 Å². The quantitative estimate of drug-likeness (QED) is 0.411. The molecule has 2 N–H and O–H groups in total. The molecule has 1 aliphatic rings. The molecule has 0 bridgehead atoms. The van der Waals surface area contributed by atoms with Crippen LogP contribution in [-0.4, -0.2) is 59.9 Å². The number of carbonyl (C=O) groups is 2. The first-order valence-electron chi connectivity index (χ1n) is 11.8. The number of ether oxygens (including phenoxy) is 1. The maximum Gasteiger partial charge on any atom is 0.419 e. The van der Waals surface area contributed by atoms with Crippen LogP contribution in [0.5, 0.6) is 5.75 Å². The minimum absolute atomic E-state index is 0.0730. The van der Waals surface area contributed by atoms with E-state index in [-0.39, 0.29) is 22.7 Å². The number of para-hydroxylation sites is 2. The molecule has 10 heteroatoms. The van der Waals surface area contributed by atoms with Gasteiger partial charge in [0, 0.05) is 38.1 Å². The van der Waals surface area contributed by atoms with Gasteiger partial charge in [0.1, 0.15) is 11.6 Å². The molecule has 2 aromatic carbocycles. The Hall–Kier alpha value is -3.92. The summed E-state index contributed by atoms with van der Waals surface area (Å²) in [5.74, 6) is -2.30. The Bertz CT molecular complexity index is 1360. The van der Waals surface area contributed by atoms with Crippen molar-refractivity contribution in [2.75, 3.05) is 43.4 Å². The van der Waals surface area contributed by atoms with E-state index in [1.807, 2.05) is 25.8 Å². The number of nitrogens with one attached hydrogen (secondary N) is 1. The van der Waals surface area contributed by atoms with E-state index in [1.54, 1.807) is 24.3 Å². The van der Waals surface area contributed by atoms with Crippen molar-refractivity contribution in [3.8, 4) is 5.75 Å². The van der Waals surface area contributed by atoms with Crippen LogP contribution in [0.4, 0.5) is 20.6 Å². The van der Waals surface area contributed by atoms with Crippen LogP contribution in [0.15, 0.2) is 47.3 Å². The van der Waals surface area contributed by atoms with E-state index in [0.717, 1.165) is 13.1 Å². The smallest absolute Gasteiger partial charge is 0.419 e. The first-order chi connectivity index (χ1) is 17.2. The number of likely N-dealkylation sites (N-methyl/N-ethyl adjacent to an activating group) is 1. The van der Waals surface area contributed by atoms with E-state index in [1.165, 1.54) is 22.8 Å². The number of fused-ring (bicyclic) bond motifs is 1. The summed E-state index contributed by atoms with van der Waals surface area (Å²) in [5, 5.41) is 13.4. The zero-order valence-electron chi connectivity index (χ0n) is 20.5. The van der Waals surface area contributed by atoms with Crippen LogP contribution in [0.1, 0.15) is 24.2 Å². The van der Waals surface area contributed by atoms with Crippen LogP contribution in [0, 0.1) is 11.7 Å². The zero-order chi connectivity index (χ0) is 26.0. The van der Waals surface area contributed by atoms with Crippen molar-refractivity contribution in [1.29, 1.82) is 0 Å². The lowest BCUT2D eigenvalue weighted by atomic mass is 10.1. The van der Waals surface area contributed by atoms with Crippen LogP contribution in [0.2, 0.25) is 0 Å². The molecule has 36 heavy (non-hydrogen) atoms. The van der Waals surface area contributed by atoms with Crippen molar-refractivity contribution in [3.05, 3.63) is 64.2 Å². The number of amides is 1. The summed E-state index contributed by atoms with van der Waals surface area (Å²) in [5.41, 5.74) is -0.601. The number of piperazine rings is 1. The number of nitrogens with zero attached hydrogens (tertiary/aromatic N) is 3. The van der Waals surface area contributed by atoms with Gasteiger partial charge < -0.3 is 24.2 Å². The number of carbonyl (C=O) groups excluding carboxylic acids is 2. The van der Waals surface area contributed by atoms with Gasteiger partial charge in [0.2, 0.25) is 0 Å². The summed E-state index contributed by atoms with van der Waals surface area (Å²) in [6, 6.07) is 10.9. The van der Waals surface area contributed by atoms with Gasteiger partial charge in [-0.2, -0.15) is 0 Å². The van der Waals surface area contributed by atoms with Crippen LogP contribution in [0.25, 0.3) is 10.9 Å². The Kier molecular flexibility index (Phi) is 7.25. The average molecular weight is 497 g/mol. The van der Waals surface area contributed by atoms with Crippen molar-refractivity contribution < 1.29 is 23.8 Å². The van der Waals surface area contributed by atoms with Crippen molar-refractivity contribution in [2.24, 2.45) is 5.92 Å². The molecule has 3 aromatic rings. The van der Waals surface area contributed by atoms with Crippen LogP contribution in [-0.2, 0) is 11.3 Å². The summed E-state index contributed by atoms with van der Waals surface area (Å²) in [4.78, 5) is 42.6. The molecular formula is C26H29FN4O5. The topological polar surface area (TPSA) is 104 Å². The van der Waals surface area contributed by atoms with Gasteiger partial charge in [0.25, 0.3) is 5.56 Å². The summed E-state index contributed by atoms with van der Waals surface area (Å²) in [6.45, 7) is 6.68. The highest BCUT2D eigenvalue weighted by Gasteiger charge is 2.27. The van der Waals surface area contributed by atoms with E-state index < -0.39 is 34.8 Å². The third-order valence-electron chi connectivity index (χ3n) is 6.13. The molecule has 190 valence electrons. The van der Waals surface area contributed by atoms with Crippen LogP contribution in [0.3, 0.4) is 0 Å². The largest absolute Gasteiger partial charge is 0.506 e. The molecular weight excluding hydrogens is 467 g/mol. The molecule has 0 unspecified atom stereocenters.